The van der Waals surface area contributed by atoms with Crippen LogP contribution in [0.2, 0.25) is 0 Å². The number of thiol groups is 1. The van der Waals surface area contributed by atoms with Gasteiger partial charge in [-0.25, -0.2) is 4.89 Å². The van der Waals surface area contributed by atoms with Gasteiger partial charge in [-0.1, -0.05) is 12.2 Å². The van der Waals surface area contributed by atoms with E-state index in [2.05, 4.69) is 28.9 Å². The molecule has 0 saturated carbocycles. The number of rotatable bonds is 4. The van der Waals surface area contributed by atoms with Gasteiger partial charge in [0, 0.05) is 6.61 Å². The summed E-state index contributed by atoms with van der Waals surface area (Å²) in [7, 11) is 0. The van der Waals surface area contributed by atoms with E-state index in [0.29, 0.717) is 19.4 Å². The molecule has 0 aliphatic rings. The van der Waals surface area contributed by atoms with Gasteiger partial charge in [-0.05, 0) is 24.6 Å². The Morgan fingerprint density at radius 3 is 2.00 bits per heavy atom. The van der Waals surface area contributed by atoms with Gasteiger partial charge in [0.05, 0.1) is 6.61 Å². The van der Waals surface area contributed by atoms with Crippen molar-refractivity contribution in [1.82, 2.24) is 0 Å². The summed E-state index contributed by atoms with van der Waals surface area (Å²) in [5, 5.41) is 15.9. The first kappa shape index (κ1) is 15.3. The molecule has 4 N–H and O–H groups in total. The Hall–Kier alpha value is 0.800. The molecule has 0 bridgehead atoms. The number of aliphatic hydroxyl groups is 1. The number of hydrogen-bond donors (Lipinski definition) is 5. The molecule has 0 amide bonds. The standard InChI is InChI=1S/C4H10O3.H3O2PS2/c5-3-1-2-4-7-6;1-3(2,4)5/h5-6H,1-4H2;(H3,1,2,4,5). The third-order valence-corrected chi connectivity index (χ3v) is 0.644. The Balaban J connectivity index is 0. The Morgan fingerprint density at radius 2 is 1.75 bits per heavy atom. The Bertz CT molecular complexity index is 114. The summed E-state index contributed by atoms with van der Waals surface area (Å²) in [6, 6.07) is 0. The molecule has 0 heterocycles. The highest BCUT2D eigenvalue weighted by atomic mass is 32.9. The minimum atomic E-state index is -3.11. The molecule has 0 unspecified atom stereocenters. The van der Waals surface area contributed by atoms with Crippen molar-refractivity contribution in [3.63, 3.8) is 0 Å². The molecule has 0 aliphatic carbocycles. The molecule has 8 heteroatoms. The van der Waals surface area contributed by atoms with Gasteiger partial charge in [-0.15, -0.1) is 0 Å². The lowest BCUT2D eigenvalue weighted by Gasteiger charge is -1.90. The van der Waals surface area contributed by atoms with Crippen LogP contribution in [0.3, 0.4) is 0 Å². The monoisotopic (exact) mass is 236 g/mol. The van der Waals surface area contributed by atoms with Crippen LogP contribution in [0.15, 0.2) is 0 Å². The molecule has 12 heavy (non-hydrogen) atoms. The molecule has 0 radical (unpaired) electrons. The van der Waals surface area contributed by atoms with Gasteiger partial charge in [0.25, 0.3) is 0 Å². The molecule has 0 aromatic carbocycles. The molecule has 76 valence electrons. The predicted octanol–water partition coefficient (Wildman–Crippen LogP) is 0.374. The summed E-state index contributed by atoms with van der Waals surface area (Å²) >= 11 is 7.07. The van der Waals surface area contributed by atoms with Crippen molar-refractivity contribution in [2.24, 2.45) is 0 Å². The number of unbranched alkanes of at least 4 members (excludes halogenated alkanes) is 1. The van der Waals surface area contributed by atoms with Crippen molar-refractivity contribution in [3.05, 3.63) is 0 Å². The highest BCUT2D eigenvalue weighted by Crippen LogP contribution is 2.39. The van der Waals surface area contributed by atoms with Gasteiger partial charge in [0.1, 0.15) is 0 Å². The number of aliphatic hydroxyl groups excluding tert-OH is 1. The summed E-state index contributed by atoms with van der Waals surface area (Å²) in [6.45, 7) is 0.490. The van der Waals surface area contributed by atoms with Gasteiger partial charge in [0.2, 0.25) is 5.69 Å². The second kappa shape index (κ2) is 9.88. The Kier molecular flexibility index (Phi) is 12.6. The third-order valence-electron chi connectivity index (χ3n) is 0.644. The maximum Gasteiger partial charge on any atom is 0.239 e. The van der Waals surface area contributed by atoms with E-state index in [9.17, 15) is 0 Å². The summed E-state index contributed by atoms with van der Waals surface area (Å²) in [5.74, 6) is 0. The quantitative estimate of drug-likeness (QED) is 0.159. The zero-order valence-corrected chi connectivity index (χ0v) is 8.93. The van der Waals surface area contributed by atoms with E-state index in [1.54, 1.807) is 0 Å². The molecule has 0 spiro atoms. The fourth-order valence-corrected chi connectivity index (χ4v) is 0.278. The smallest absolute Gasteiger partial charge is 0.239 e. The summed E-state index contributed by atoms with van der Waals surface area (Å²) in [6.07, 6.45) is 1.41. The predicted molar refractivity (Wildman–Crippen MR) is 52.6 cm³/mol. The highest BCUT2D eigenvalue weighted by molar-refractivity contribution is 8.59. The SMILES string of the molecule is OCCCCOO.OP(O)(=S)S. The van der Waals surface area contributed by atoms with Gasteiger partial charge >= 0.3 is 0 Å². The third kappa shape index (κ3) is 45.0. The van der Waals surface area contributed by atoms with Crippen molar-refractivity contribution in [2.45, 2.75) is 12.8 Å². The largest absolute Gasteiger partial charge is 0.396 e. The van der Waals surface area contributed by atoms with Crippen LogP contribution < -0.4 is 0 Å². The second-order valence-corrected chi connectivity index (χ2v) is 6.82. The summed E-state index contributed by atoms with van der Waals surface area (Å²) < 4.78 is 0. The van der Waals surface area contributed by atoms with E-state index in [1.807, 2.05) is 0 Å². The topological polar surface area (TPSA) is 90.2 Å². The van der Waals surface area contributed by atoms with Gasteiger partial charge in [0.15, 0.2) is 0 Å². The molecular weight excluding hydrogens is 223 g/mol. The maximum absolute atomic E-state index is 8.16. The molecular formula is C4H13O5PS2. The lowest BCUT2D eigenvalue weighted by molar-refractivity contribution is -0.242. The van der Waals surface area contributed by atoms with E-state index in [0.717, 1.165) is 0 Å². The van der Waals surface area contributed by atoms with Crippen LogP contribution in [0, 0.1) is 0 Å². The van der Waals surface area contributed by atoms with Crippen LogP contribution in [0.5, 0.6) is 0 Å². The molecule has 0 aromatic heterocycles. The van der Waals surface area contributed by atoms with Gasteiger partial charge in [-0.2, -0.15) is 0 Å². The molecule has 0 aliphatic heterocycles. The average molecular weight is 236 g/mol. The Morgan fingerprint density at radius 1 is 1.33 bits per heavy atom. The molecule has 0 saturated heterocycles. The molecule has 0 atom stereocenters. The lowest BCUT2D eigenvalue weighted by atomic mass is 10.3. The van der Waals surface area contributed by atoms with Gasteiger partial charge < -0.3 is 14.9 Å². The van der Waals surface area contributed by atoms with Crippen LogP contribution in [-0.4, -0.2) is 33.4 Å². The second-order valence-electron chi connectivity index (χ2n) is 1.78. The highest BCUT2D eigenvalue weighted by Gasteiger charge is 1.90. The van der Waals surface area contributed by atoms with Crippen molar-refractivity contribution in [3.8, 4) is 0 Å². The van der Waals surface area contributed by atoms with Crippen LogP contribution in [-0.2, 0) is 16.7 Å². The van der Waals surface area contributed by atoms with Crippen molar-refractivity contribution >= 4 is 29.7 Å². The fraction of sp³-hybridized carbons (Fsp3) is 1.00. The minimum Gasteiger partial charge on any atom is -0.396 e. The first-order chi connectivity index (χ1) is 5.41. The molecule has 0 fully saturated rings. The van der Waals surface area contributed by atoms with E-state index in [1.165, 1.54) is 0 Å². The van der Waals surface area contributed by atoms with E-state index < -0.39 is 5.69 Å². The molecule has 0 aromatic rings. The van der Waals surface area contributed by atoms with Crippen molar-refractivity contribution in [2.75, 3.05) is 13.2 Å². The van der Waals surface area contributed by atoms with Crippen molar-refractivity contribution in [1.29, 1.82) is 0 Å². The fourth-order valence-electron chi connectivity index (χ4n) is 0.278. The first-order valence-corrected chi connectivity index (χ1v) is 6.93. The Labute approximate surface area is 81.3 Å². The van der Waals surface area contributed by atoms with Crippen LogP contribution in [0.1, 0.15) is 12.8 Å². The van der Waals surface area contributed by atoms with Gasteiger partial charge in [-0.3, -0.25) is 5.26 Å². The summed E-state index contributed by atoms with van der Waals surface area (Å²) in [5.41, 5.74) is -3.11. The van der Waals surface area contributed by atoms with E-state index in [4.69, 9.17) is 20.2 Å². The molecule has 0 rings (SSSR count). The van der Waals surface area contributed by atoms with Crippen LogP contribution in [0.4, 0.5) is 0 Å². The zero-order valence-electron chi connectivity index (χ0n) is 6.33. The number of hydrogen-bond acceptors (Lipinski definition) is 4. The average Bonchev–Trinajstić information content (AvgIpc) is 1.85. The molecule has 5 nitrogen and oxygen atoms in total. The summed E-state index contributed by atoms with van der Waals surface area (Å²) in [4.78, 5) is 19.5. The van der Waals surface area contributed by atoms with E-state index >= 15 is 0 Å². The maximum atomic E-state index is 8.16. The zero-order chi connectivity index (χ0) is 10.0. The van der Waals surface area contributed by atoms with Crippen LogP contribution >= 0.6 is 17.9 Å². The van der Waals surface area contributed by atoms with Crippen molar-refractivity contribution < 1.29 is 25.0 Å². The lowest BCUT2D eigenvalue weighted by Crippen LogP contribution is -1.90. The first-order valence-electron chi connectivity index (χ1n) is 3.07. The van der Waals surface area contributed by atoms with Crippen LogP contribution in [0.25, 0.3) is 0 Å². The van der Waals surface area contributed by atoms with E-state index in [-0.39, 0.29) is 6.61 Å². The minimum absolute atomic E-state index is 0.170. The normalized spacial score (nSPS) is 10.4.